The Hall–Kier alpha value is -2.54. The molecule has 3 rings (SSSR count). The van der Waals surface area contributed by atoms with Crippen LogP contribution >= 0.6 is 11.3 Å². The van der Waals surface area contributed by atoms with Gasteiger partial charge in [0.2, 0.25) is 0 Å². The summed E-state index contributed by atoms with van der Waals surface area (Å²) in [5.74, 6) is -2.12. The first-order chi connectivity index (χ1) is 13.4. The summed E-state index contributed by atoms with van der Waals surface area (Å²) in [6, 6.07) is 8.59. The monoisotopic (exact) mass is 403 g/mol. The maximum atomic E-state index is 11.6. The van der Waals surface area contributed by atoms with Crippen LogP contribution in [0, 0.1) is 6.92 Å². The fourth-order valence-corrected chi connectivity index (χ4v) is 4.85. The molecule has 1 saturated carbocycles. The summed E-state index contributed by atoms with van der Waals surface area (Å²) in [5, 5.41) is 18.4. The fourth-order valence-electron chi connectivity index (χ4n) is 3.77. The maximum absolute atomic E-state index is 11.6. The van der Waals surface area contributed by atoms with Gasteiger partial charge in [-0.25, -0.2) is 9.59 Å². The third-order valence-electron chi connectivity index (χ3n) is 5.26. The predicted octanol–water partition coefficient (Wildman–Crippen LogP) is 4.65. The summed E-state index contributed by atoms with van der Waals surface area (Å²) in [6.45, 7) is 1.20. The summed E-state index contributed by atoms with van der Waals surface area (Å²) < 4.78 is 5.29. The summed E-state index contributed by atoms with van der Waals surface area (Å²) in [7, 11) is 2.11. The molecule has 1 aromatic carbocycles. The van der Waals surface area contributed by atoms with E-state index in [-0.39, 0.29) is 10.6 Å². The van der Waals surface area contributed by atoms with E-state index in [2.05, 4.69) is 24.1 Å². The number of nitrogens with zero attached hydrogens (tertiary/aromatic N) is 1. The predicted molar refractivity (Wildman–Crippen MR) is 110 cm³/mol. The second kappa shape index (κ2) is 8.65. The molecule has 150 valence electrons. The molecule has 1 aromatic heterocycles. The molecule has 2 N–H and O–H groups in total. The molecule has 0 atom stereocenters. The second-order valence-electron chi connectivity index (χ2n) is 7.16. The Balaban J connectivity index is 1.93. The van der Waals surface area contributed by atoms with Gasteiger partial charge in [-0.2, -0.15) is 0 Å². The number of ether oxygens (including phenoxy) is 1. The van der Waals surface area contributed by atoms with Crippen LogP contribution in [0.1, 0.15) is 47.3 Å². The zero-order valence-electron chi connectivity index (χ0n) is 16.1. The van der Waals surface area contributed by atoms with E-state index in [1.165, 1.54) is 32.1 Å². The average molecular weight is 404 g/mol. The van der Waals surface area contributed by atoms with Crippen molar-refractivity contribution in [2.45, 2.75) is 45.1 Å². The minimum absolute atomic E-state index is 0.0276. The smallest absolute Gasteiger partial charge is 0.349 e. The highest BCUT2D eigenvalue weighted by molar-refractivity contribution is 7.18. The Labute approximate surface area is 168 Å². The molecule has 28 heavy (non-hydrogen) atoms. The summed E-state index contributed by atoms with van der Waals surface area (Å²) in [6.07, 6.45) is 6.19. The largest absolute Gasteiger partial charge is 0.480 e. The first kappa shape index (κ1) is 20.2. The van der Waals surface area contributed by atoms with Gasteiger partial charge >= 0.3 is 11.9 Å². The van der Waals surface area contributed by atoms with Crippen LogP contribution in [0.4, 0.5) is 5.69 Å². The van der Waals surface area contributed by atoms with Gasteiger partial charge in [0.1, 0.15) is 5.75 Å². The van der Waals surface area contributed by atoms with Gasteiger partial charge in [-0.1, -0.05) is 31.4 Å². The Morgan fingerprint density at radius 2 is 1.93 bits per heavy atom. The maximum Gasteiger partial charge on any atom is 0.349 e. The minimum atomic E-state index is -1.14. The summed E-state index contributed by atoms with van der Waals surface area (Å²) >= 11 is 1.12. The topological polar surface area (TPSA) is 87.1 Å². The van der Waals surface area contributed by atoms with Crippen molar-refractivity contribution in [3.63, 3.8) is 0 Å². The van der Waals surface area contributed by atoms with Crippen molar-refractivity contribution >= 4 is 29.0 Å². The quantitative estimate of drug-likeness (QED) is 0.699. The number of rotatable bonds is 7. The van der Waals surface area contributed by atoms with E-state index in [0.29, 0.717) is 11.6 Å². The van der Waals surface area contributed by atoms with Gasteiger partial charge in [-0.05, 0) is 37.5 Å². The van der Waals surface area contributed by atoms with Crippen molar-refractivity contribution in [3.05, 3.63) is 34.7 Å². The minimum Gasteiger partial charge on any atom is -0.480 e. The Kier molecular flexibility index (Phi) is 6.24. The molecule has 1 aliphatic rings. The number of aromatic carboxylic acids is 1. The first-order valence-electron chi connectivity index (χ1n) is 9.43. The van der Waals surface area contributed by atoms with Crippen molar-refractivity contribution in [1.29, 1.82) is 0 Å². The number of thiophene rings is 1. The molecule has 0 aliphatic heterocycles. The highest BCUT2D eigenvalue weighted by atomic mass is 32.1. The van der Waals surface area contributed by atoms with E-state index in [1.807, 2.05) is 12.1 Å². The molecule has 7 heteroatoms. The van der Waals surface area contributed by atoms with Gasteiger partial charge in [0, 0.05) is 29.2 Å². The molecule has 2 aromatic rings. The second-order valence-corrected chi connectivity index (χ2v) is 8.18. The molecule has 0 saturated heterocycles. The van der Waals surface area contributed by atoms with Gasteiger partial charge in [-0.3, -0.25) is 0 Å². The van der Waals surface area contributed by atoms with Gasteiger partial charge in [0.15, 0.2) is 11.5 Å². The van der Waals surface area contributed by atoms with Crippen LogP contribution in [0.3, 0.4) is 0 Å². The number of aliphatic carboxylic acids is 1. The lowest BCUT2D eigenvalue weighted by molar-refractivity contribution is -0.139. The molecule has 0 bridgehead atoms. The van der Waals surface area contributed by atoms with Crippen LogP contribution in [0.25, 0.3) is 10.4 Å². The standard InChI is InChI=1S/C21H25NO5S/c1-13-18(27-12-17(23)24)20(21(25)26)28-19(13)14-7-6-10-16(11-14)22(2)15-8-4-3-5-9-15/h6-7,10-11,15H,3-5,8-9,12H2,1-2H3,(H,23,24)(H,25,26). The summed E-state index contributed by atoms with van der Waals surface area (Å²) in [5.41, 5.74) is 2.67. The number of carbonyl (C=O) groups is 2. The van der Waals surface area contributed by atoms with Crippen LogP contribution in [0.15, 0.2) is 24.3 Å². The lowest BCUT2D eigenvalue weighted by Gasteiger charge is -2.33. The number of anilines is 1. The number of benzene rings is 1. The van der Waals surface area contributed by atoms with E-state index in [1.54, 1.807) is 6.92 Å². The van der Waals surface area contributed by atoms with Crippen molar-refractivity contribution in [1.82, 2.24) is 0 Å². The van der Waals surface area contributed by atoms with Crippen molar-refractivity contribution in [2.24, 2.45) is 0 Å². The van der Waals surface area contributed by atoms with E-state index in [0.717, 1.165) is 27.5 Å². The Morgan fingerprint density at radius 3 is 2.57 bits per heavy atom. The van der Waals surface area contributed by atoms with Gasteiger partial charge in [0.25, 0.3) is 0 Å². The third-order valence-corrected chi connectivity index (χ3v) is 6.57. The lowest BCUT2D eigenvalue weighted by Crippen LogP contribution is -2.33. The molecule has 0 unspecified atom stereocenters. The van der Waals surface area contributed by atoms with Crippen LogP contribution in [-0.4, -0.2) is 41.8 Å². The lowest BCUT2D eigenvalue weighted by atomic mass is 9.94. The van der Waals surface area contributed by atoms with Crippen molar-refractivity contribution in [2.75, 3.05) is 18.6 Å². The van der Waals surface area contributed by atoms with E-state index in [9.17, 15) is 14.7 Å². The van der Waals surface area contributed by atoms with Crippen LogP contribution in [0.5, 0.6) is 5.75 Å². The van der Waals surface area contributed by atoms with Gasteiger partial charge in [0.05, 0.1) is 0 Å². The number of carboxylic acid groups (broad SMARTS) is 2. The van der Waals surface area contributed by atoms with Crippen molar-refractivity contribution < 1.29 is 24.5 Å². The van der Waals surface area contributed by atoms with Crippen LogP contribution in [0.2, 0.25) is 0 Å². The molecule has 0 spiro atoms. The van der Waals surface area contributed by atoms with Gasteiger partial charge in [-0.15, -0.1) is 11.3 Å². The first-order valence-corrected chi connectivity index (χ1v) is 10.2. The number of carboxylic acids is 2. The van der Waals surface area contributed by atoms with E-state index >= 15 is 0 Å². The SMILES string of the molecule is Cc1c(-c2cccc(N(C)C3CCCCC3)c2)sc(C(=O)O)c1OCC(=O)O. The fraction of sp³-hybridized carbons (Fsp3) is 0.429. The normalized spacial score (nSPS) is 14.6. The van der Waals surface area contributed by atoms with Crippen molar-refractivity contribution in [3.8, 4) is 16.2 Å². The van der Waals surface area contributed by atoms with Crippen LogP contribution < -0.4 is 9.64 Å². The number of hydrogen-bond acceptors (Lipinski definition) is 5. The summed E-state index contributed by atoms with van der Waals surface area (Å²) in [4.78, 5) is 25.6. The molecule has 1 aliphatic carbocycles. The van der Waals surface area contributed by atoms with Crippen LogP contribution in [-0.2, 0) is 4.79 Å². The molecule has 1 fully saturated rings. The zero-order chi connectivity index (χ0) is 20.3. The molecule has 1 heterocycles. The molecular weight excluding hydrogens is 378 g/mol. The Bertz CT molecular complexity index is 870. The molecule has 6 nitrogen and oxygen atoms in total. The third kappa shape index (κ3) is 4.30. The number of hydrogen-bond donors (Lipinski definition) is 2. The zero-order valence-corrected chi connectivity index (χ0v) is 16.9. The molecule has 0 amide bonds. The Morgan fingerprint density at radius 1 is 1.21 bits per heavy atom. The van der Waals surface area contributed by atoms with E-state index < -0.39 is 18.5 Å². The average Bonchev–Trinajstić information content (AvgIpc) is 3.03. The highest BCUT2D eigenvalue weighted by Crippen LogP contribution is 2.42. The van der Waals surface area contributed by atoms with E-state index in [4.69, 9.17) is 9.84 Å². The molecular formula is C21H25NO5S. The highest BCUT2D eigenvalue weighted by Gasteiger charge is 2.24. The van der Waals surface area contributed by atoms with Gasteiger partial charge < -0.3 is 19.8 Å². The molecule has 0 radical (unpaired) electrons.